The van der Waals surface area contributed by atoms with Crippen molar-refractivity contribution < 1.29 is 9.53 Å². The topological polar surface area (TPSA) is 57.0 Å². The highest BCUT2D eigenvalue weighted by atomic mass is 16.5. The summed E-state index contributed by atoms with van der Waals surface area (Å²) in [5, 5.41) is 1.11. The molecule has 0 bridgehead atoms. The molecule has 5 heteroatoms. The Hall–Kier alpha value is -2.69. The number of fused-ring (bicyclic) bond motifs is 1. The highest BCUT2D eigenvalue weighted by molar-refractivity contribution is 5.78. The van der Waals surface area contributed by atoms with Gasteiger partial charge in [-0.15, -0.1) is 0 Å². The van der Waals surface area contributed by atoms with E-state index in [1.165, 1.54) is 7.11 Å². The molecule has 0 radical (unpaired) electrons. The lowest BCUT2D eigenvalue weighted by Gasteiger charge is -2.14. The van der Waals surface area contributed by atoms with Gasteiger partial charge in [0.25, 0.3) is 0 Å². The number of carbonyl (C=O) groups is 1. The molecule has 0 fully saturated rings. The van der Waals surface area contributed by atoms with Gasteiger partial charge >= 0.3 is 5.97 Å². The molecule has 0 aliphatic carbocycles. The summed E-state index contributed by atoms with van der Waals surface area (Å²) in [6, 6.07) is 11.6. The van der Waals surface area contributed by atoms with Gasteiger partial charge in [0.2, 0.25) is 0 Å². The number of hydrogen-bond donors (Lipinski definition) is 0. The van der Waals surface area contributed by atoms with Crippen LogP contribution in [-0.2, 0) is 16.0 Å². The van der Waals surface area contributed by atoms with Gasteiger partial charge in [0.1, 0.15) is 11.9 Å². The predicted molar refractivity (Wildman–Crippen MR) is 83.5 cm³/mol. The Labute approximate surface area is 128 Å². The molecular weight excluding hydrogens is 278 g/mol. The maximum Gasteiger partial charge on any atom is 0.328 e. The monoisotopic (exact) mass is 295 g/mol. The number of esters is 1. The quantitative estimate of drug-likeness (QED) is 0.694. The average molecular weight is 295 g/mol. The highest BCUT2D eigenvalue weighted by Crippen LogP contribution is 2.16. The summed E-state index contributed by atoms with van der Waals surface area (Å²) in [6.07, 6.45) is 4.05. The smallest absolute Gasteiger partial charge is 0.328 e. The van der Waals surface area contributed by atoms with Crippen LogP contribution in [0.25, 0.3) is 10.9 Å². The molecular formula is C17H17N3O2. The Morgan fingerprint density at radius 3 is 2.91 bits per heavy atom. The summed E-state index contributed by atoms with van der Waals surface area (Å²) in [7, 11) is 1.39. The molecule has 22 heavy (non-hydrogen) atoms. The van der Waals surface area contributed by atoms with E-state index in [-0.39, 0.29) is 5.97 Å². The highest BCUT2D eigenvalue weighted by Gasteiger charge is 2.18. The van der Waals surface area contributed by atoms with Crippen molar-refractivity contribution in [3.63, 3.8) is 0 Å². The average Bonchev–Trinajstić information content (AvgIpc) is 3.01. The molecule has 0 saturated carbocycles. The second-order valence-corrected chi connectivity index (χ2v) is 5.12. The van der Waals surface area contributed by atoms with Crippen molar-refractivity contribution in [3.05, 3.63) is 60.3 Å². The standard InChI is InChI=1S/C17H17N3O2/c1-12(17(21)22-2)20-10-9-18-16(20)11-14-8-7-13-5-3-4-6-15(13)19-14/h3-10,12H,11H2,1-2H3. The zero-order valence-electron chi connectivity index (χ0n) is 12.6. The normalized spacial score (nSPS) is 12.3. The third-order valence-electron chi connectivity index (χ3n) is 3.70. The molecule has 0 aliphatic heterocycles. The summed E-state index contributed by atoms with van der Waals surface area (Å²) in [5.41, 5.74) is 1.88. The number of ether oxygens (including phenoxy) is 1. The van der Waals surface area contributed by atoms with Crippen LogP contribution in [0.2, 0.25) is 0 Å². The fraction of sp³-hybridized carbons (Fsp3) is 0.235. The van der Waals surface area contributed by atoms with Crippen LogP contribution in [0.4, 0.5) is 0 Å². The number of nitrogens with zero attached hydrogens (tertiary/aromatic N) is 3. The van der Waals surface area contributed by atoms with Crippen molar-refractivity contribution in [3.8, 4) is 0 Å². The van der Waals surface area contributed by atoms with Gasteiger partial charge < -0.3 is 9.30 Å². The predicted octanol–water partition coefficient (Wildman–Crippen LogP) is 2.76. The number of para-hydroxylation sites is 1. The summed E-state index contributed by atoms with van der Waals surface area (Å²) >= 11 is 0. The van der Waals surface area contributed by atoms with Crippen LogP contribution in [-0.4, -0.2) is 27.6 Å². The minimum Gasteiger partial charge on any atom is -0.467 e. The molecule has 2 heterocycles. The third-order valence-corrected chi connectivity index (χ3v) is 3.70. The van der Waals surface area contributed by atoms with E-state index in [2.05, 4.69) is 16.0 Å². The van der Waals surface area contributed by atoms with Gasteiger partial charge in [0, 0.05) is 29.9 Å². The number of aromatic nitrogens is 3. The molecule has 1 aromatic carbocycles. The molecule has 0 spiro atoms. The number of benzene rings is 1. The zero-order chi connectivity index (χ0) is 15.5. The third kappa shape index (κ3) is 2.70. The second kappa shape index (κ2) is 5.97. The molecule has 5 nitrogen and oxygen atoms in total. The van der Waals surface area contributed by atoms with Crippen LogP contribution in [0.15, 0.2) is 48.8 Å². The first-order valence-corrected chi connectivity index (χ1v) is 7.13. The van der Waals surface area contributed by atoms with Crippen LogP contribution >= 0.6 is 0 Å². The molecule has 112 valence electrons. The van der Waals surface area contributed by atoms with Gasteiger partial charge in [0.05, 0.1) is 12.6 Å². The van der Waals surface area contributed by atoms with Crippen LogP contribution in [0.5, 0.6) is 0 Å². The number of carbonyl (C=O) groups excluding carboxylic acids is 1. The Morgan fingerprint density at radius 1 is 1.27 bits per heavy atom. The number of methoxy groups -OCH3 is 1. The van der Waals surface area contributed by atoms with E-state index in [1.807, 2.05) is 34.9 Å². The van der Waals surface area contributed by atoms with Crippen LogP contribution in [0.1, 0.15) is 24.5 Å². The first-order chi connectivity index (χ1) is 10.7. The lowest BCUT2D eigenvalue weighted by molar-refractivity contribution is -0.144. The van der Waals surface area contributed by atoms with Crippen molar-refractivity contribution in [1.82, 2.24) is 14.5 Å². The Kier molecular flexibility index (Phi) is 3.87. The van der Waals surface area contributed by atoms with E-state index in [0.717, 1.165) is 22.4 Å². The fourth-order valence-corrected chi connectivity index (χ4v) is 2.49. The van der Waals surface area contributed by atoms with Crippen molar-refractivity contribution in [2.45, 2.75) is 19.4 Å². The Bertz CT molecular complexity index is 810. The SMILES string of the molecule is COC(=O)C(C)n1ccnc1Cc1ccc2ccccc2n1. The van der Waals surface area contributed by atoms with Crippen LogP contribution < -0.4 is 0 Å². The van der Waals surface area contributed by atoms with E-state index in [9.17, 15) is 4.79 Å². The molecule has 1 unspecified atom stereocenters. The number of imidazole rings is 1. The van der Waals surface area contributed by atoms with E-state index in [0.29, 0.717) is 6.42 Å². The molecule has 3 rings (SSSR count). The van der Waals surface area contributed by atoms with Gasteiger partial charge in [0.15, 0.2) is 0 Å². The first kappa shape index (κ1) is 14.3. The van der Waals surface area contributed by atoms with E-state index < -0.39 is 6.04 Å². The zero-order valence-corrected chi connectivity index (χ0v) is 12.6. The summed E-state index contributed by atoms with van der Waals surface area (Å²) < 4.78 is 6.62. The molecule has 2 aromatic heterocycles. The lowest BCUT2D eigenvalue weighted by atomic mass is 10.1. The lowest BCUT2D eigenvalue weighted by Crippen LogP contribution is -2.19. The molecule has 0 N–H and O–H groups in total. The van der Waals surface area contributed by atoms with Gasteiger partial charge in [-0.05, 0) is 19.1 Å². The number of hydrogen-bond acceptors (Lipinski definition) is 4. The molecule has 0 aliphatic rings. The van der Waals surface area contributed by atoms with E-state index in [4.69, 9.17) is 4.74 Å². The summed E-state index contributed by atoms with van der Waals surface area (Å²) in [6.45, 7) is 1.80. The minimum absolute atomic E-state index is 0.286. The Balaban J connectivity index is 1.89. The van der Waals surface area contributed by atoms with Crippen molar-refractivity contribution in [2.75, 3.05) is 7.11 Å². The van der Waals surface area contributed by atoms with E-state index in [1.54, 1.807) is 19.3 Å². The van der Waals surface area contributed by atoms with Crippen molar-refractivity contribution in [1.29, 1.82) is 0 Å². The van der Waals surface area contributed by atoms with Gasteiger partial charge in [-0.1, -0.05) is 24.3 Å². The van der Waals surface area contributed by atoms with Gasteiger partial charge in [-0.25, -0.2) is 9.78 Å². The summed E-state index contributed by atoms with van der Waals surface area (Å²) in [5.74, 6) is 0.506. The number of rotatable bonds is 4. The molecule has 1 atom stereocenters. The minimum atomic E-state index is -0.400. The first-order valence-electron chi connectivity index (χ1n) is 7.13. The molecule has 0 saturated heterocycles. The maximum atomic E-state index is 11.7. The fourth-order valence-electron chi connectivity index (χ4n) is 2.49. The second-order valence-electron chi connectivity index (χ2n) is 5.12. The number of pyridine rings is 1. The Morgan fingerprint density at radius 2 is 2.09 bits per heavy atom. The van der Waals surface area contributed by atoms with Gasteiger partial charge in [-0.2, -0.15) is 0 Å². The largest absolute Gasteiger partial charge is 0.467 e. The summed E-state index contributed by atoms with van der Waals surface area (Å²) in [4.78, 5) is 20.7. The van der Waals surface area contributed by atoms with Crippen LogP contribution in [0.3, 0.4) is 0 Å². The van der Waals surface area contributed by atoms with Crippen LogP contribution in [0, 0.1) is 0 Å². The molecule has 3 aromatic rings. The van der Waals surface area contributed by atoms with Crippen molar-refractivity contribution >= 4 is 16.9 Å². The molecule has 0 amide bonds. The van der Waals surface area contributed by atoms with Crippen molar-refractivity contribution in [2.24, 2.45) is 0 Å². The maximum absolute atomic E-state index is 11.7. The van der Waals surface area contributed by atoms with Gasteiger partial charge in [-0.3, -0.25) is 4.98 Å². The van der Waals surface area contributed by atoms with E-state index >= 15 is 0 Å².